The maximum Gasteiger partial charge on any atom is 0.119 e. The lowest BCUT2D eigenvalue weighted by atomic mass is 9.92. The van der Waals surface area contributed by atoms with E-state index in [2.05, 4.69) is 41.4 Å². The van der Waals surface area contributed by atoms with Crippen LogP contribution in [0.4, 0.5) is 0 Å². The first-order valence-electron chi connectivity index (χ1n) is 7.45. The van der Waals surface area contributed by atoms with Crippen LogP contribution in [0.1, 0.15) is 18.4 Å². The Bertz CT molecular complexity index is 404. The van der Waals surface area contributed by atoms with E-state index in [-0.39, 0.29) is 0 Å². The highest BCUT2D eigenvalue weighted by atomic mass is 16.5. The molecule has 0 aromatic heterocycles. The van der Waals surface area contributed by atoms with Crippen LogP contribution in [-0.2, 0) is 0 Å². The fourth-order valence-corrected chi connectivity index (χ4v) is 3.16. The minimum atomic E-state index is 0.690. The van der Waals surface area contributed by atoms with Gasteiger partial charge in [0, 0.05) is 38.1 Å². The number of nitrogens with one attached hydrogen (secondary N) is 1. The number of benzene rings is 1. The number of piperazine rings is 1. The smallest absolute Gasteiger partial charge is 0.119 e. The molecule has 3 heteroatoms. The molecule has 1 aromatic rings. The fourth-order valence-electron chi connectivity index (χ4n) is 3.16. The molecule has 1 N–H and O–H groups in total. The molecule has 3 nitrogen and oxygen atoms in total. The van der Waals surface area contributed by atoms with Gasteiger partial charge >= 0.3 is 0 Å². The predicted molar refractivity (Wildman–Crippen MR) is 77.6 cm³/mol. The van der Waals surface area contributed by atoms with Crippen molar-refractivity contribution in [3.05, 3.63) is 29.8 Å². The second-order valence-electron chi connectivity index (χ2n) is 5.92. The van der Waals surface area contributed by atoms with E-state index in [9.17, 15) is 0 Å². The van der Waals surface area contributed by atoms with Crippen LogP contribution >= 0.6 is 0 Å². The van der Waals surface area contributed by atoms with Crippen LogP contribution in [0.3, 0.4) is 0 Å². The third kappa shape index (κ3) is 3.28. The van der Waals surface area contributed by atoms with Crippen LogP contribution in [0.15, 0.2) is 24.3 Å². The average molecular weight is 260 g/mol. The number of fused-ring (bicyclic) bond motifs is 1. The van der Waals surface area contributed by atoms with E-state index in [1.54, 1.807) is 0 Å². The van der Waals surface area contributed by atoms with Gasteiger partial charge in [0.05, 0.1) is 6.61 Å². The van der Waals surface area contributed by atoms with Crippen LogP contribution in [-0.4, -0.2) is 43.7 Å². The van der Waals surface area contributed by atoms with Crippen LogP contribution < -0.4 is 10.1 Å². The second-order valence-corrected chi connectivity index (χ2v) is 5.92. The van der Waals surface area contributed by atoms with E-state index in [4.69, 9.17) is 4.74 Å². The fraction of sp³-hybridized carbons (Fsp3) is 0.625. The normalized spacial score (nSPS) is 27.8. The van der Waals surface area contributed by atoms with Gasteiger partial charge in [0.2, 0.25) is 0 Å². The molecule has 0 saturated carbocycles. The summed E-state index contributed by atoms with van der Waals surface area (Å²) < 4.78 is 5.94. The van der Waals surface area contributed by atoms with Crippen LogP contribution in [0.2, 0.25) is 0 Å². The standard InChI is InChI=1S/C16H24N2O/c1-13-2-6-16(7-3-13)19-12-14-4-5-15-10-17-8-9-18(15)11-14/h2-3,6-7,14-15,17H,4-5,8-12H2,1H3/t14-,15?/m1/s1. The van der Waals surface area contributed by atoms with Gasteiger partial charge < -0.3 is 10.1 Å². The van der Waals surface area contributed by atoms with Gasteiger partial charge in [-0.05, 0) is 31.9 Å². The number of nitrogens with zero attached hydrogens (tertiary/aromatic N) is 1. The van der Waals surface area contributed by atoms with Crippen molar-refractivity contribution < 1.29 is 4.74 Å². The summed E-state index contributed by atoms with van der Waals surface area (Å²) in [4.78, 5) is 2.64. The average Bonchev–Trinajstić information content (AvgIpc) is 2.46. The molecule has 0 spiro atoms. The van der Waals surface area contributed by atoms with Gasteiger partial charge in [-0.15, -0.1) is 0 Å². The SMILES string of the molecule is Cc1ccc(OC[C@@H]2CCC3CNCCN3C2)cc1. The van der Waals surface area contributed by atoms with Gasteiger partial charge in [-0.2, -0.15) is 0 Å². The van der Waals surface area contributed by atoms with E-state index < -0.39 is 0 Å². The molecule has 1 unspecified atom stereocenters. The molecule has 3 rings (SSSR count). The van der Waals surface area contributed by atoms with Crippen molar-refractivity contribution in [1.82, 2.24) is 10.2 Å². The zero-order chi connectivity index (χ0) is 13.1. The zero-order valence-corrected chi connectivity index (χ0v) is 11.8. The first-order valence-corrected chi connectivity index (χ1v) is 7.45. The Kier molecular flexibility index (Phi) is 4.04. The van der Waals surface area contributed by atoms with E-state index in [1.165, 1.54) is 38.0 Å². The minimum absolute atomic E-state index is 0.690. The van der Waals surface area contributed by atoms with Gasteiger partial charge in [0.15, 0.2) is 0 Å². The Balaban J connectivity index is 1.49. The number of piperidine rings is 1. The summed E-state index contributed by atoms with van der Waals surface area (Å²) >= 11 is 0. The molecule has 104 valence electrons. The first-order chi connectivity index (χ1) is 9.31. The van der Waals surface area contributed by atoms with Gasteiger partial charge in [-0.1, -0.05) is 17.7 Å². The lowest BCUT2D eigenvalue weighted by Crippen LogP contribution is -2.55. The number of rotatable bonds is 3. The Labute approximate surface area is 115 Å². The Hall–Kier alpha value is -1.06. The number of hydrogen-bond acceptors (Lipinski definition) is 3. The molecule has 0 bridgehead atoms. The summed E-state index contributed by atoms with van der Waals surface area (Å²) in [5.41, 5.74) is 1.29. The summed E-state index contributed by atoms with van der Waals surface area (Å²) in [6.07, 6.45) is 2.61. The molecule has 2 aliphatic rings. The molecule has 0 amide bonds. The van der Waals surface area contributed by atoms with E-state index in [1.807, 2.05) is 0 Å². The quantitative estimate of drug-likeness (QED) is 0.900. The van der Waals surface area contributed by atoms with Crippen molar-refractivity contribution in [2.24, 2.45) is 5.92 Å². The topological polar surface area (TPSA) is 24.5 Å². The predicted octanol–water partition coefficient (Wildman–Crippen LogP) is 2.06. The zero-order valence-electron chi connectivity index (χ0n) is 11.8. The van der Waals surface area contributed by atoms with Crippen LogP contribution in [0.25, 0.3) is 0 Å². The summed E-state index contributed by atoms with van der Waals surface area (Å²) in [5, 5.41) is 3.49. The molecule has 2 heterocycles. The molecule has 19 heavy (non-hydrogen) atoms. The highest BCUT2D eigenvalue weighted by Crippen LogP contribution is 2.24. The minimum Gasteiger partial charge on any atom is -0.493 e. The number of ether oxygens (including phenoxy) is 1. The van der Waals surface area contributed by atoms with E-state index >= 15 is 0 Å². The van der Waals surface area contributed by atoms with Crippen molar-refractivity contribution in [2.75, 3.05) is 32.8 Å². The van der Waals surface area contributed by atoms with Gasteiger partial charge in [-0.25, -0.2) is 0 Å². The molecule has 0 radical (unpaired) electrons. The van der Waals surface area contributed by atoms with Crippen molar-refractivity contribution in [3.8, 4) is 5.75 Å². The molecule has 0 aliphatic carbocycles. The molecule has 2 aliphatic heterocycles. The summed E-state index contributed by atoms with van der Waals surface area (Å²) in [5.74, 6) is 1.70. The number of aryl methyl sites for hydroxylation is 1. The Morgan fingerprint density at radius 3 is 2.95 bits per heavy atom. The van der Waals surface area contributed by atoms with Crippen molar-refractivity contribution in [2.45, 2.75) is 25.8 Å². The van der Waals surface area contributed by atoms with Crippen molar-refractivity contribution in [3.63, 3.8) is 0 Å². The summed E-state index contributed by atoms with van der Waals surface area (Å²) in [6, 6.07) is 9.15. The molecule has 2 atom stereocenters. The lowest BCUT2D eigenvalue weighted by molar-refractivity contribution is 0.0650. The monoisotopic (exact) mass is 260 g/mol. The maximum absolute atomic E-state index is 5.94. The van der Waals surface area contributed by atoms with E-state index in [0.29, 0.717) is 5.92 Å². The number of hydrogen-bond donors (Lipinski definition) is 1. The van der Waals surface area contributed by atoms with Gasteiger partial charge in [-0.3, -0.25) is 4.90 Å². The van der Waals surface area contributed by atoms with Crippen LogP contribution in [0.5, 0.6) is 5.75 Å². The molecular weight excluding hydrogens is 236 g/mol. The van der Waals surface area contributed by atoms with Crippen molar-refractivity contribution >= 4 is 0 Å². The summed E-state index contributed by atoms with van der Waals surface area (Å²) in [6.45, 7) is 7.69. The third-order valence-corrected chi connectivity index (χ3v) is 4.38. The highest BCUT2D eigenvalue weighted by Gasteiger charge is 2.29. The molecule has 2 saturated heterocycles. The lowest BCUT2D eigenvalue weighted by Gasteiger charge is -2.42. The maximum atomic E-state index is 5.94. The van der Waals surface area contributed by atoms with E-state index in [0.717, 1.165) is 24.9 Å². The van der Waals surface area contributed by atoms with Gasteiger partial charge in [0.1, 0.15) is 5.75 Å². The molecule has 2 fully saturated rings. The molecular formula is C16H24N2O. The second kappa shape index (κ2) is 5.93. The Morgan fingerprint density at radius 1 is 1.26 bits per heavy atom. The molecule has 1 aromatic carbocycles. The largest absolute Gasteiger partial charge is 0.493 e. The Morgan fingerprint density at radius 2 is 2.11 bits per heavy atom. The highest BCUT2D eigenvalue weighted by molar-refractivity contribution is 5.26. The first kappa shape index (κ1) is 12.9. The van der Waals surface area contributed by atoms with Crippen molar-refractivity contribution in [1.29, 1.82) is 0 Å². The summed E-state index contributed by atoms with van der Waals surface area (Å²) in [7, 11) is 0. The van der Waals surface area contributed by atoms with Crippen LogP contribution in [0, 0.1) is 12.8 Å². The van der Waals surface area contributed by atoms with Gasteiger partial charge in [0.25, 0.3) is 0 Å². The third-order valence-electron chi connectivity index (χ3n) is 4.38.